The van der Waals surface area contributed by atoms with Gasteiger partial charge in [-0.3, -0.25) is 0 Å². The molecule has 0 N–H and O–H groups in total. The summed E-state index contributed by atoms with van der Waals surface area (Å²) in [6.07, 6.45) is 3.51. The van der Waals surface area contributed by atoms with Gasteiger partial charge in [0.15, 0.2) is 0 Å². The van der Waals surface area contributed by atoms with Crippen molar-refractivity contribution in [2.45, 2.75) is 6.92 Å². The van der Waals surface area contributed by atoms with E-state index >= 15 is 0 Å². The predicted molar refractivity (Wildman–Crippen MR) is 49.9 cm³/mol. The summed E-state index contributed by atoms with van der Waals surface area (Å²) >= 11 is 1.81. The van der Waals surface area contributed by atoms with Crippen molar-refractivity contribution in [2.75, 3.05) is 0 Å². The number of pyridine rings is 1. The summed E-state index contributed by atoms with van der Waals surface area (Å²) in [5.74, 6) is 1.39. The number of oxazole rings is 1. The Hall–Kier alpha value is -0.584. The van der Waals surface area contributed by atoms with Crippen LogP contribution < -0.4 is 16.1 Å². The van der Waals surface area contributed by atoms with Crippen molar-refractivity contribution in [3.63, 3.8) is 0 Å². The average Bonchev–Trinajstić information content (AvgIpc) is 2.53. The largest absolute Gasteiger partial charge is 1.00 e. The van der Waals surface area contributed by atoms with Gasteiger partial charge in [-0.25, -0.2) is 0 Å². The molecule has 0 atom stereocenters. The SMILES string of the molecule is Cc1ncc(-c2cc[c]([Mg+])cn2)o1.[Cl-]. The number of hydrogen-bond donors (Lipinski definition) is 0. The second-order valence-electron chi connectivity index (χ2n) is 2.80. The second-order valence-corrected chi connectivity index (χ2v) is 3.61. The van der Waals surface area contributed by atoms with Gasteiger partial charge < -0.3 is 12.4 Å². The minimum Gasteiger partial charge on any atom is -1.00 e. The summed E-state index contributed by atoms with van der Waals surface area (Å²) < 4.78 is 6.50. The molecule has 68 valence electrons. The van der Waals surface area contributed by atoms with E-state index in [9.17, 15) is 0 Å². The van der Waals surface area contributed by atoms with Gasteiger partial charge in [-0.05, 0) is 0 Å². The van der Waals surface area contributed by atoms with E-state index in [-0.39, 0.29) is 12.4 Å². The normalized spacial score (nSPS) is 9.64. The van der Waals surface area contributed by atoms with Gasteiger partial charge in [-0.1, -0.05) is 0 Å². The quantitative estimate of drug-likeness (QED) is 0.513. The fourth-order valence-corrected chi connectivity index (χ4v) is 1.26. The molecule has 2 rings (SSSR count). The molecular formula is C9H7ClMgN2O. The van der Waals surface area contributed by atoms with Gasteiger partial charge in [0.05, 0.1) is 0 Å². The molecule has 0 aliphatic carbocycles. The van der Waals surface area contributed by atoms with Gasteiger partial charge in [0.2, 0.25) is 0 Å². The Kier molecular flexibility index (Phi) is 3.92. The molecule has 2 aromatic heterocycles. The molecule has 2 heterocycles. The smallest absolute Gasteiger partial charge is 1.00 e. The first-order chi connectivity index (χ1) is 6.25. The molecule has 0 amide bonds. The third kappa shape index (κ3) is 2.47. The zero-order chi connectivity index (χ0) is 9.26. The van der Waals surface area contributed by atoms with Crippen LogP contribution in [-0.2, 0) is 0 Å². The van der Waals surface area contributed by atoms with Gasteiger partial charge in [-0.2, -0.15) is 0 Å². The standard InChI is InChI=1S/C9H7N2O.ClH.Mg/c1-7-11-6-9(12-7)8-4-2-3-5-10-8;;/h2,4-6H,1H3;1H;/q;;+1/p-1. The molecule has 0 fully saturated rings. The number of nitrogens with zero attached hydrogens (tertiary/aromatic N) is 2. The maximum absolute atomic E-state index is 5.34. The zero-order valence-corrected chi connectivity index (χ0v) is 9.87. The summed E-state index contributed by atoms with van der Waals surface area (Å²) in [7, 11) is 0. The van der Waals surface area contributed by atoms with Crippen molar-refractivity contribution in [3.05, 3.63) is 30.4 Å². The summed E-state index contributed by atoms with van der Waals surface area (Å²) in [6.45, 7) is 1.82. The van der Waals surface area contributed by atoms with Crippen molar-refractivity contribution in [3.8, 4) is 11.5 Å². The Morgan fingerprint density at radius 1 is 1.21 bits per heavy atom. The fourth-order valence-electron chi connectivity index (χ4n) is 1.05. The molecule has 0 saturated carbocycles. The Bertz CT molecular complexity index is 413. The van der Waals surface area contributed by atoms with Gasteiger partial charge in [0, 0.05) is 0 Å². The van der Waals surface area contributed by atoms with Gasteiger partial charge in [0.1, 0.15) is 0 Å². The number of halogens is 1. The predicted octanol–water partition coefficient (Wildman–Crippen LogP) is -2.16. The van der Waals surface area contributed by atoms with E-state index in [2.05, 4.69) is 9.97 Å². The van der Waals surface area contributed by atoms with E-state index in [4.69, 9.17) is 4.42 Å². The third-order valence-corrected chi connectivity index (χ3v) is 2.12. The van der Waals surface area contributed by atoms with Gasteiger partial charge in [0.25, 0.3) is 0 Å². The second kappa shape index (κ2) is 4.77. The van der Waals surface area contributed by atoms with E-state index in [0.717, 1.165) is 11.5 Å². The first kappa shape index (κ1) is 11.5. The number of rotatable bonds is 1. The molecule has 5 heteroatoms. The minimum absolute atomic E-state index is 0. The number of aryl methyl sites for hydroxylation is 1. The first-order valence-electron chi connectivity index (χ1n) is 3.96. The van der Waals surface area contributed by atoms with Crippen molar-refractivity contribution < 1.29 is 16.8 Å². The van der Waals surface area contributed by atoms with Crippen LogP contribution in [0.3, 0.4) is 0 Å². The molecule has 0 aliphatic rings. The molecule has 0 spiro atoms. The van der Waals surface area contributed by atoms with Crippen molar-refractivity contribution >= 4 is 25.4 Å². The average molecular weight is 219 g/mol. The van der Waals surface area contributed by atoms with Crippen LogP contribution in [0.25, 0.3) is 11.5 Å². The molecule has 0 aliphatic heterocycles. The molecule has 0 unspecified atom stereocenters. The van der Waals surface area contributed by atoms with Crippen LogP contribution in [0.2, 0.25) is 0 Å². The number of aromatic nitrogens is 2. The molecule has 3 nitrogen and oxygen atoms in total. The van der Waals surface area contributed by atoms with E-state index in [0.29, 0.717) is 5.89 Å². The minimum atomic E-state index is 0. The zero-order valence-electron chi connectivity index (χ0n) is 7.70. The van der Waals surface area contributed by atoms with Gasteiger partial charge >= 0.3 is 88.6 Å². The van der Waals surface area contributed by atoms with Crippen LogP contribution in [-0.4, -0.2) is 31.7 Å². The Morgan fingerprint density at radius 3 is 2.50 bits per heavy atom. The van der Waals surface area contributed by atoms with Crippen LogP contribution in [0, 0.1) is 6.92 Å². The van der Waals surface area contributed by atoms with E-state index < -0.39 is 0 Å². The first-order valence-corrected chi connectivity index (χ1v) is 4.67. The van der Waals surface area contributed by atoms with Crippen molar-refractivity contribution in [1.29, 1.82) is 0 Å². The molecule has 0 aromatic carbocycles. The summed E-state index contributed by atoms with van der Waals surface area (Å²) in [6, 6.07) is 3.95. The summed E-state index contributed by atoms with van der Waals surface area (Å²) in [5.41, 5.74) is 0.830. The van der Waals surface area contributed by atoms with Crippen molar-refractivity contribution in [2.24, 2.45) is 0 Å². The van der Waals surface area contributed by atoms with E-state index in [1.54, 1.807) is 6.20 Å². The molecule has 2 aromatic rings. The topological polar surface area (TPSA) is 38.9 Å². The van der Waals surface area contributed by atoms with E-state index in [1.165, 1.54) is 3.69 Å². The van der Waals surface area contributed by atoms with Crippen LogP contribution in [0.1, 0.15) is 5.89 Å². The molecule has 0 saturated heterocycles. The molecule has 0 radical (unpaired) electrons. The monoisotopic (exact) mass is 218 g/mol. The summed E-state index contributed by atoms with van der Waals surface area (Å²) in [4.78, 5) is 8.25. The van der Waals surface area contributed by atoms with Crippen LogP contribution in [0.4, 0.5) is 0 Å². The molecular weight excluding hydrogens is 212 g/mol. The maximum atomic E-state index is 5.34. The van der Waals surface area contributed by atoms with Crippen LogP contribution >= 0.6 is 0 Å². The van der Waals surface area contributed by atoms with E-state index in [1.807, 2.05) is 47.0 Å². The Morgan fingerprint density at radius 2 is 2.00 bits per heavy atom. The Balaban J connectivity index is 0.000000980. The maximum Gasteiger partial charge on any atom is -1.00 e. The third-order valence-electron chi connectivity index (χ3n) is 1.70. The number of hydrogen-bond acceptors (Lipinski definition) is 3. The Labute approximate surface area is 101 Å². The van der Waals surface area contributed by atoms with Crippen LogP contribution in [0.15, 0.2) is 28.9 Å². The fraction of sp³-hybridized carbons (Fsp3) is 0.111. The molecule has 0 bridgehead atoms. The summed E-state index contributed by atoms with van der Waals surface area (Å²) in [5, 5.41) is 0. The van der Waals surface area contributed by atoms with Gasteiger partial charge in [-0.15, -0.1) is 0 Å². The van der Waals surface area contributed by atoms with Crippen molar-refractivity contribution in [1.82, 2.24) is 9.97 Å². The van der Waals surface area contributed by atoms with Crippen LogP contribution in [0.5, 0.6) is 0 Å². The molecule has 14 heavy (non-hydrogen) atoms.